The van der Waals surface area contributed by atoms with E-state index in [-0.39, 0.29) is 16.3 Å². The van der Waals surface area contributed by atoms with Crippen molar-refractivity contribution < 1.29 is 48.1 Å². The Hall–Kier alpha value is -3.70. The van der Waals surface area contributed by atoms with Crippen LogP contribution in [-0.4, -0.2) is 84.9 Å². The highest BCUT2D eigenvalue weighted by Crippen LogP contribution is 2.30. The molecule has 3 rings (SSSR count). The summed E-state index contributed by atoms with van der Waals surface area (Å²) in [6.45, 7) is -0.866. The molecule has 0 aliphatic rings. The molecule has 3 aromatic rings. The van der Waals surface area contributed by atoms with Crippen molar-refractivity contribution in [3.8, 4) is 5.75 Å². The fourth-order valence-corrected chi connectivity index (χ4v) is 4.63. The summed E-state index contributed by atoms with van der Waals surface area (Å²) >= 11 is 0. The monoisotopic (exact) mass is 565 g/mol. The van der Waals surface area contributed by atoms with Gasteiger partial charge in [-0.15, -0.1) is 0 Å². The minimum Gasteiger partial charge on any atom is -0.425 e. The predicted molar refractivity (Wildman–Crippen MR) is 137 cm³/mol. The lowest BCUT2D eigenvalue weighted by molar-refractivity contribution is -0.384. The number of hydrogen-bond donors (Lipinski definition) is 5. The van der Waals surface area contributed by atoms with Crippen molar-refractivity contribution in [1.82, 2.24) is 4.89 Å². The van der Waals surface area contributed by atoms with Gasteiger partial charge in [0, 0.05) is 42.7 Å². The summed E-state index contributed by atoms with van der Waals surface area (Å²) in [5.74, 6) is -1.60. The number of hydrogen-bond acceptors (Lipinski definition) is 12. The van der Waals surface area contributed by atoms with Gasteiger partial charge in [-0.3, -0.25) is 15.0 Å². The zero-order chi connectivity index (χ0) is 28.9. The molecule has 0 aromatic heterocycles. The average molecular weight is 566 g/mol. The first kappa shape index (κ1) is 29.9. The van der Waals surface area contributed by atoms with E-state index in [1.165, 1.54) is 6.07 Å². The molecule has 5 N–H and O–H groups in total. The van der Waals surface area contributed by atoms with Gasteiger partial charge in [-0.1, -0.05) is 29.2 Å². The number of carbonyl (C=O) groups excluding carboxylic acids is 1. The maximum Gasteiger partial charge on any atom is 0.343 e. The number of aliphatic hydroxyl groups is 4. The van der Waals surface area contributed by atoms with Crippen LogP contribution in [0.2, 0.25) is 0 Å². The van der Waals surface area contributed by atoms with Crippen molar-refractivity contribution in [3.63, 3.8) is 0 Å². The molecule has 210 valence electrons. The summed E-state index contributed by atoms with van der Waals surface area (Å²) in [4.78, 5) is 30.5. The highest BCUT2D eigenvalue weighted by molar-refractivity contribution is 7.89. The second kappa shape index (κ2) is 12.4. The molecular weight excluding hydrogens is 538 g/mol. The predicted octanol–water partition coefficient (Wildman–Crippen LogP) is 0.0731. The lowest BCUT2D eigenvalue weighted by Gasteiger charge is -2.25. The molecule has 4 unspecified atom stereocenters. The summed E-state index contributed by atoms with van der Waals surface area (Å²) in [5.41, 5.74) is 0.506. The number of benzene rings is 3. The summed E-state index contributed by atoms with van der Waals surface area (Å²) in [6, 6.07) is 14.0. The normalized spacial score (nSPS) is 14.8. The lowest BCUT2D eigenvalue weighted by atomic mass is 10.0. The number of nitrogens with zero attached hydrogens (tertiary/aromatic N) is 2. The van der Waals surface area contributed by atoms with Gasteiger partial charge in [0.1, 0.15) is 24.1 Å². The van der Waals surface area contributed by atoms with Crippen LogP contribution in [0.25, 0.3) is 10.8 Å². The second-order valence-electron chi connectivity index (χ2n) is 8.59. The molecule has 0 saturated heterocycles. The third-order valence-corrected chi connectivity index (χ3v) is 6.90. The molecule has 0 spiro atoms. The Kier molecular flexibility index (Phi) is 9.52. The van der Waals surface area contributed by atoms with Crippen LogP contribution in [0.15, 0.2) is 65.6 Å². The van der Waals surface area contributed by atoms with Gasteiger partial charge in [0.2, 0.25) is 0 Å². The number of carbonyl (C=O) groups is 1. The number of esters is 1. The number of anilines is 1. The van der Waals surface area contributed by atoms with E-state index in [9.17, 15) is 43.8 Å². The molecular formula is C24H27N3O11S. The van der Waals surface area contributed by atoms with Gasteiger partial charge in [0.25, 0.3) is 15.7 Å². The first-order valence-electron chi connectivity index (χ1n) is 11.3. The van der Waals surface area contributed by atoms with Gasteiger partial charge >= 0.3 is 5.97 Å². The van der Waals surface area contributed by atoms with Crippen LogP contribution < -0.4 is 14.5 Å². The highest BCUT2D eigenvalue weighted by Gasteiger charge is 2.36. The molecule has 0 radical (unpaired) electrons. The maximum atomic E-state index is 12.9. The topological polar surface area (TPSA) is 209 Å². The average Bonchev–Trinajstić information content (AvgIpc) is 2.90. The molecule has 14 nitrogen and oxygen atoms in total. The third kappa shape index (κ3) is 7.04. The van der Waals surface area contributed by atoms with E-state index in [0.29, 0.717) is 10.8 Å². The largest absolute Gasteiger partial charge is 0.425 e. The minimum absolute atomic E-state index is 0.108. The van der Waals surface area contributed by atoms with Crippen LogP contribution in [0.5, 0.6) is 5.75 Å². The molecule has 0 aliphatic carbocycles. The second-order valence-corrected chi connectivity index (χ2v) is 10.2. The summed E-state index contributed by atoms with van der Waals surface area (Å²) < 4.78 is 30.5. The van der Waals surface area contributed by atoms with Crippen molar-refractivity contribution in [3.05, 3.63) is 70.8 Å². The third-order valence-electron chi connectivity index (χ3n) is 5.63. The van der Waals surface area contributed by atoms with Gasteiger partial charge in [0.15, 0.2) is 6.10 Å². The van der Waals surface area contributed by atoms with E-state index >= 15 is 0 Å². The Balaban J connectivity index is 1.59. The number of ether oxygens (including phenoxy) is 1. The standard InChI is InChI=1S/C24H27N3O11S/c1-26(2)18-7-3-6-17-16(18)5-4-8-20(17)39(35,36)25-37-13-19(28)21(29)22(30)23(31)24(32)38-15-11-9-14(10-12-15)27(33)34/h3-12,19,21-23,25,28-31H,13H2,1-2H3. The molecule has 39 heavy (non-hydrogen) atoms. The molecule has 0 amide bonds. The quantitative estimate of drug-likeness (QED) is 0.0855. The maximum absolute atomic E-state index is 12.9. The number of nitro groups is 1. The molecule has 0 heterocycles. The van der Waals surface area contributed by atoms with Crippen molar-refractivity contribution in [2.45, 2.75) is 29.3 Å². The van der Waals surface area contributed by atoms with Crippen molar-refractivity contribution >= 4 is 38.1 Å². The van der Waals surface area contributed by atoms with Crippen LogP contribution in [0.4, 0.5) is 11.4 Å². The smallest absolute Gasteiger partial charge is 0.343 e. The number of nitro benzene ring substituents is 1. The zero-order valence-corrected chi connectivity index (χ0v) is 21.6. The van der Waals surface area contributed by atoms with Gasteiger partial charge < -0.3 is 30.1 Å². The molecule has 15 heteroatoms. The van der Waals surface area contributed by atoms with Crippen LogP contribution in [-0.2, 0) is 19.7 Å². The molecule has 4 atom stereocenters. The van der Waals surface area contributed by atoms with Crippen molar-refractivity contribution in [2.75, 3.05) is 25.6 Å². The Morgan fingerprint density at radius 2 is 1.59 bits per heavy atom. The summed E-state index contributed by atoms with van der Waals surface area (Å²) in [5, 5.41) is 52.1. The van der Waals surface area contributed by atoms with Gasteiger partial charge in [0.05, 0.1) is 16.4 Å². The Labute approximate surface area is 222 Å². The number of nitrogens with one attached hydrogen (secondary N) is 1. The SMILES string of the molecule is CN(C)c1cccc2c(S(=O)(=O)NOCC(O)C(O)C(O)C(O)C(=O)Oc3ccc([N+](=O)[O-])cc3)cccc12. The molecule has 3 aromatic carbocycles. The van der Waals surface area contributed by atoms with Crippen LogP contribution in [0.1, 0.15) is 0 Å². The zero-order valence-electron chi connectivity index (χ0n) is 20.7. The molecule has 0 bridgehead atoms. The van der Waals surface area contributed by atoms with Gasteiger partial charge in [-0.25, -0.2) is 13.2 Å². The number of sulfonamides is 1. The van der Waals surface area contributed by atoms with Crippen LogP contribution >= 0.6 is 0 Å². The molecule has 0 aliphatic heterocycles. The Morgan fingerprint density at radius 3 is 2.21 bits per heavy atom. The Bertz CT molecular complexity index is 1430. The fraction of sp³-hybridized carbons (Fsp3) is 0.292. The van der Waals surface area contributed by atoms with E-state index in [0.717, 1.165) is 30.0 Å². The Morgan fingerprint density at radius 1 is 0.974 bits per heavy atom. The number of fused-ring (bicyclic) bond motifs is 1. The number of aliphatic hydroxyl groups excluding tert-OH is 4. The molecule has 0 fully saturated rings. The first-order valence-corrected chi connectivity index (χ1v) is 12.8. The van der Waals surface area contributed by atoms with E-state index in [4.69, 9.17) is 9.57 Å². The summed E-state index contributed by atoms with van der Waals surface area (Å²) in [6.07, 6.45) is -8.69. The number of rotatable bonds is 12. The molecule has 0 saturated carbocycles. The fourth-order valence-electron chi connectivity index (χ4n) is 3.60. The van der Waals surface area contributed by atoms with Crippen molar-refractivity contribution in [2.24, 2.45) is 0 Å². The van der Waals surface area contributed by atoms with Crippen molar-refractivity contribution in [1.29, 1.82) is 0 Å². The lowest BCUT2D eigenvalue weighted by Crippen LogP contribution is -2.50. The van der Waals surface area contributed by atoms with E-state index in [1.807, 2.05) is 29.9 Å². The number of non-ortho nitro benzene ring substituents is 1. The summed E-state index contributed by atoms with van der Waals surface area (Å²) in [7, 11) is -0.635. The van der Waals surface area contributed by atoms with Crippen LogP contribution in [0, 0.1) is 10.1 Å². The van der Waals surface area contributed by atoms with E-state index in [1.54, 1.807) is 24.3 Å². The highest BCUT2D eigenvalue weighted by atomic mass is 32.2. The van der Waals surface area contributed by atoms with E-state index in [2.05, 4.69) is 0 Å². The van der Waals surface area contributed by atoms with Crippen LogP contribution in [0.3, 0.4) is 0 Å². The van der Waals surface area contributed by atoms with E-state index < -0.39 is 51.9 Å². The first-order chi connectivity index (χ1) is 18.3. The minimum atomic E-state index is -4.26. The van der Waals surface area contributed by atoms with Gasteiger partial charge in [-0.05, 0) is 24.3 Å². The van der Waals surface area contributed by atoms with Gasteiger partial charge in [-0.2, -0.15) is 0 Å².